The number of hydrogen-bond donors (Lipinski definition) is 1. The molecule has 7 heteroatoms. The molecule has 0 aromatic heterocycles. The van der Waals surface area contributed by atoms with Gasteiger partial charge in [-0.05, 0) is 49.6 Å². The standard InChI is InChI=1S/C24H31N3O3S/c1-3-25-24(26-15-18-30-22-9-11-23(12-10-22)31(2,28)29)27-16-13-21(14-17-27)19-20-7-5-4-6-8-20/h4-12,19H,3,13-18H2,1-2H3,(H,25,26). The molecule has 1 aliphatic heterocycles. The molecule has 31 heavy (non-hydrogen) atoms. The molecule has 2 aromatic rings. The number of sulfone groups is 1. The number of hydrogen-bond acceptors (Lipinski definition) is 4. The number of nitrogens with zero attached hydrogens (tertiary/aromatic N) is 2. The Hall–Kier alpha value is -2.80. The Morgan fingerprint density at radius 3 is 2.39 bits per heavy atom. The van der Waals surface area contributed by atoms with Crippen LogP contribution >= 0.6 is 0 Å². The van der Waals surface area contributed by atoms with Gasteiger partial charge >= 0.3 is 0 Å². The van der Waals surface area contributed by atoms with Crippen molar-refractivity contribution in [1.29, 1.82) is 0 Å². The molecule has 3 rings (SSSR count). The summed E-state index contributed by atoms with van der Waals surface area (Å²) < 4.78 is 28.8. The molecule has 0 amide bonds. The van der Waals surface area contributed by atoms with Gasteiger partial charge in [0.25, 0.3) is 0 Å². The molecule has 1 fully saturated rings. The van der Waals surface area contributed by atoms with Gasteiger partial charge in [0, 0.05) is 25.9 Å². The summed E-state index contributed by atoms with van der Waals surface area (Å²) in [5.41, 5.74) is 2.73. The molecule has 0 aliphatic carbocycles. The summed E-state index contributed by atoms with van der Waals surface area (Å²) >= 11 is 0. The smallest absolute Gasteiger partial charge is 0.194 e. The third-order valence-corrected chi connectivity index (χ3v) is 6.21. The van der Waals surface area contributed by atoms with Gasteiger partial charge in [0.2, 0.25) is 0 Å². The van der Waals surface area contributed by atoms with E-state index in [1.165, 1.54) is 17.4 Å². The first-order valence-corrected chi connectivity index (χ1v) is 12.6. The van der Waals surface area contributed by atoms with Crippen molar-refractivity contribution in [3.63, 3.8) is 0 Å². The van der Waals surface area contributed by atoms with Crippen LogP contribution in [0.4, 0.5) is 0 Å². The maximum absolute atomic E-state index is 11.5. The molecule has 1 N–H and O–H groups in total. The van der Waals surface area contributed by atoms with Crippen LogP contribution in [0.25, 0.3) is 6.08 Å². The third kappa shape index (κ3) is 7.14. The summed E-state index contributed by atoms with van der Waals surface area (Å²) in [6.07, 6.45) is 5.55. The largest absolute Gasteiger partial charge is 0.492 e. The van der Waals surface area contributed by atoms with Gasteiger partial charge in [-0.15, -0.1) is 0 Å². The van der Waals surface area contributed by atoms with E-state index in [2.05, 4.69) is 47.5 Å². The highest BCUT2D eigenvalue weighted by molar-refractivity contribution is 7.90. The number of ether oxygens (including phenoxy) is 1. The van der Waals surface area contributed by atoms with E-state index in [4.69, 9.17) is 9.73 Å². The van der Waals surface area contributed by atoms with Crippen LogP contribution in [0.2, 0.25) is 0 Å². The highest BCUT2D eigenvalue weighted by atomic mass is 32.2. The van der Waals surface area contributed by atoms with Crippen molar-refractivity contribution in [2.75, 3.05) is 39.0 Å². The van der Waals surface area contributed by atoms with Crippen LogP contribution in [0, 0.1) is 0 Å². The lowest BCUT2D eigenvalue weighted by Crippen LogP contribution is -2.44. The second-order valence-corrected chi connectivity index (χ2v) is 9.54. The average molecular weight is 442 g/mol. The highest BCUT2D eigenvalue weighted by Crippen LogP contribution is 2.20. The van der Waals surface area contributed by atoms with Gasteiger partial charge in [0.1, 0.15) is 12.4 Å². The van der Waals surface area contributed by atoms with Gasteiger partial charge < -0.3 is 15.0 Å². The van der Waals surface area contributed by atoms with Gasteiger partial charge in [-0.25, -0.2) is 13.4 Å². The minimum absolute atomic E-state index is 0.290. The van der Waals surface area contributed by atoms with Crippen LogP contribution in [0.3, 0.4) is 0 Å². The fraction of sp³-hybridized carbons (Fsp3) is 0.375. The molecule has 1 aliphatic rings. The first-order valence-electron chi connectivity index (χ1n) is 10.7. The number of likely N-dealkylation sites (tertiary alicyclic amines) is 1. The van der Waals surface area contributed by atoms with Gasteiger partial charge in [-0.2, -0.15) is 0 Å². The topological polar surface area (TPSA) is 71.0 Å². The number of piperidine rings is 1. The van der Waals surface area contributed by atoms with E-state index < -0.39 is 9.84 Å². The zero-order valence-corrected chi connectivity index (χ0v) is 19.1. The molecule has 0 atom stereocenters. The lowest BCUT2D eigenvalue weighted by molar-refractivity contribution is 0.325. The number of aliphatic imine (C=N–C) groups is 1. The molecule has 0 bridgehead atoms. The van der Waals surface area contributed by atoms with Crippen molar-refractivity contribution >= 4 is 21.9 Å². The fourth-order valence-corrected chi connectivity index (χ4v) is 4.09. The number of benzene rings is 2. The summed E-state index contributed by atoms with van der Waals surface area (Å²) in [4.78, 5) is 7.30. The Bertz CT molecular complexity index is 990. The van der Waals surface area contributed by atoms with E-state index in [0.29, 0.717) is 18.9 Å². The zero-order chi connectivity index (χ0) is 22.1. The Morgan fingerprint density at radius 2 is 1.77 bits per heavy atom. The van der Waals surface area contributed by atoms with Crippen LogP contribution in [0.15, 0.2) is 70.1 Å². The fourth-order valence-electron chi connectivity index (χ4n) is 3.46. The third-order valence-electron chi connectivity index (χ3n) is 5.08. The normalized spacial score (nSPS) is 15.0. The van der Waals surface area contributed by atoms with Crippen molar-refractivity contribution < 1.29 is 13.2 Å². The highest BCUT2D eigenvalue weighted by Gasteiger charge is 2.17. The minimum atomic E-state index is -3.19. The summed E-state index contributed by atoms with van der Waals surface area (Å²) in [5, 5.41) is 3.37. The quantitative estimate of drug-likeness (QED) is 0.404. The Balaban J connectivity index is 1.50. The molecular formula is C24H31N3O3S. The van der Waals surface area contributed by atoms with E-state index in [0.717, 1.165) is 38.4 Å². The monoisotopic (exact) mass is 441 g/mol. The Labute approximate surface area is 185 Å². The maximum atomic E-state index is 11.5. The van der Waals surface area contributed by atoms with E-state index in [1.807, 2.05) is 6.07 Å². The first-order chi connectivity index (χ1) is 15.0. The second-order valence-electron chi connectivity index (χ2n) is 7.53. The average Bonchev–Trinajstić information content (AvgIpc) is 2.77. The predicted octanol–water partition coefficient (Wildman–Crippen LogP) is 3.61. The number of nitrogens with one attached hydrogen (secondary N) is 1. The number of guanidine groups is 1. The molecule has 0 saturated carbocycles. The van der Waals surface area contributed by atoms with Crippen LogP contribution in [0.5, 0.6) is 5.75 Å². The van der Waals surface area contributed by atoms with E-state index in [-0.39, 0.29) is 4.90 Å². The predicted molar refractivity (Wildman–Crippen MR) is 126 cm³/mol. The van der Waals surface area contributed by atoms with E-state index in [1.54, 1.807) is 24.3 Å². The summed E-state index contributed by atoms with van der Waals surface area (Å²) in [5.74, 6) is 1.55. The van der Waals surface area contributed by atoms with E-state index >= 15 is 0 Å². The van der Waals surface area contributed by atoms with Gasteiger partial charge in [-0.1, -0.05) is 42.0 Å². The van der Waals surface area contributed by atoms with E-state index in [9.17, 15) is 8.42 Å². The van der Waals surface area contributed by atoms with Crippen LogP contribution in [0.1, 0.15) is 25.3 Å². The minimum Gasteiger partial charge on any atom is -0.492 e. The van der Waals surface area contributed by atoms with Crippen molar-refractivity contribution in [2.24, 2.45) is 4.99 Å². The first kappa shape index (κ1) is 22.9. The zero-order valence-electron chi connectivity index (χ0n) is 18.3. The summed E-state index contributed by atoms with van der Waals surface area (Å²) in [7, 11) is -3.19. The Morgan fingerprint density at radius 1 is 1.10 bits per heavy atom. The van der Waals surface area contributed by atoms with Crippen molar-refractivity contribution in [2.45, 2.75) is 24.7 Å². The van der Waals surface area contributed by atoms with Gasteiger partial charge in [0.05, 0.1) is 11.4 Å². The Kier molecular flexibility index (Phi) is 8.12. The van der Waals surface area contributed by atoms with Crippen molar-refractivity contribution in [3.05, 3.63) is 65.7 Å². The van der Waals surface area contributed by atoms with Gasteiger partial charge in [0.15, 0.2) is 15.8 Å². The summed E-state index contributed by atoms with van der Waals surface area (Å²) in [6, 6.07) is 16.9. The van der Waals surface area contributed by atoms with Crippen molar-refractivity contribution in [1.82, 2.24) is 10.2 Å². The second kappa shape index (κ2) is 11.0. The van der Waals surface area contributed by atoms with Gasteiger partial charge in [-0.3, -0.25) is 0 Å². The molecule has 1 saturated heterocycles. The SMILES string of the molecule is CCNC(=NCCOc1ccc(S(C)(=O)=O)cc1)N1CCC(=Cc2ccccc2)CC1. The molecule has 0 radical (unpaired) electrons. The molecule has 166 valence electrons. The lowest BCUT2D eigenvalue weighted by Gasteiger charge is -2.31. The van der Waals surface area contributed by atoms with Crippen molar-refractivity contribution in [3.8, 4) is 5.75 Å². The molecule has 2 aromatic carbocycles. The molecule has 1 heterocycles. The van der Waals surface area contributed by atoms with Crippen LogP contribution in [-0.4, -0.2) is 58.3 Å². The molecule has 0 unspecified atom stereocenters. The lowest BCUT2D eigenvalue weighted by atomic mass is 10.0. The van der Waals surface area contributed by atoms with Crippen LogP contribution < -0.4 is 10.1 Å². The molecule has 0 spiro atoms. The summed E-state index contributed by atoms with van der Waals surface area (Å²) in [6.45, 7) is 5.73. The maximum Gasteiger partial charge on any atom is 0.194 e. The molecule has 6 nitrogen and oxygen atoms in total. The molecular weight excluding hydrogens is 410 g/mol. The van der Waals surface area contributed by atoms with Crippen LogP contribution in [-0.2, 0) is 9.84 Å². The number of rotatable bonds is 7.